The molecule has 0 radical (unpaired) electrons. The van der Waals surface area contributed by atoms with Crippen LogP contribution in [0.1, 0.15) is 53.4 Å². The van der Waals surface area contributed by atoms with Gasteiger partial charge in [0.1, 0.15) is 0 Å². The molecule has 0 bridgehead atoms. The van der Waals surface area contributed by atoms with Crippen LogP contribution in [0.3, 0.4) is 0 Å². The van der Waals surface area contributed by atoms with E-state index in [1.54, 1.807) is 0 Å². The summed E-state index contributed by atoms with van der Waals surface area (Å²) in [5.41, 5.74) is 0.512. The largest absolute Gasteiger partial charge is 0.316 e. The van der Waals surface area contributed by atoms with E-state index in [0.717, 1.165) is 11.8 Å². The lowest BCUT2D eigenvalue weighted by atomic mass is 9.76. The van der Waals surface area contributed by atoms with Crippen molar-refractivity contribution in [3.63, 3.8) is 0 Å². The fraction of sp³-hybridized carbons (Fsp3) is 1.00. The highest BCUT2D eigenvalue weighted by atomic mass is 15.0. The van der Waals surface area contributed by atoms with Crippen LogP contribution in [0.4, 0.5) is 0 Å². The van der Waals surface area contributed by atoms with Crippen molar-refractivity contribution in [3.05, 3.63) is 0 Å². The zero-order chi connectivity index (χ0) is 12.7. The van der Waals surface area contributed by atoms with Gasteiger partial charge in [0.15, 0.2) is 0 Å². The Morgan fingerprint density at radius 1 is 1.18 bits per heavy atom. The minimum atomic E-state index is 0.512. The van der Waals surface area contributed by atoms with E-state index in [9.17, 15) is 0 Å². The van der Waals surface area contributed by atoms with Crippen LogP contribution < -0.4 is 10.6 Å². The molecule has 1 saturated heterocycles. The van der Waals surface area contributed by atoms with Crippen molar-refractivity contribution in [2.75, 3.05) is 26.2 Å². The fourth-order valence-electron chi connectivity index (χ4n) is 2.75. The van der Waals surface area contributed by atoms with Crippen LogP contribution >= 0.6 is 0 Å². The minimum absolute atomic E-state index is 0.512. The van der Waals surface area contributed by atoms with Gasteiger partial charge >= 0.3 is 0 Å². The van der Waals surface area contributed by atoms with Crippen molar-refractivity contribution >= 4 is 0 Å². The zero-order valence-corrected chi connectivity index (χ0v) is 12.3. The SMILES string of the molecule is CC(C)CCCCNCC1(C(C)C)CCNC1. The van der Waals surface area contributed by atoms with Crippen LogP contribution in [0.2, 0.25) is 0 Å². The third kappa shape index (κ3) is 4.97. The van der Waals surface area contributed by atoms with Crippen LogP contribution in [0.15, 0.2) is 0 Å². The Bertz CT molecular complexity index is 193. The molecule has 1 fully saturated rings. The smallest absolute Gasteiger partial charge is 0.00229 e. The van der Waals surface area contributed by atoms with E-state index >= 15 is 0 Å². The lowest BCUT2D eigenvalue weighted by Crippen LogP contribution is -2.40. The molecule has 2 nitrogen and oxygen atoms in total. The predicted molar refractivity (Wildman–Crippen MR) is 76.3 cm³/mol. The molecule has 1 aliphatic heterocycles. The summed E-state index contributed by atoms with van der Waals surface area (Å²) < 4.78 is 0. The lowest BCUT2D eigenvalue weighted by molar-refractivity contribution is 0.208. The summed E-state index contributed by atoms with van der Waals surface area (Å²) in [5.74, 6) is 1.64. The Morgan fingerprint density at radius 3 is 2.47 bits per heavy atom. The van der Waals surface area contributed by atoms with Crippen LogP contribution in [-0.2, 0) is 0 Å². The van der Waals surface area contributed by atoms with E-state index in [-0.39, 0.29) is 0 Å². The van der Waals surface area contributed by atoms with Crippen molar-refractivity contribution in [1.82, 2.24) is 10.6 Å². The quantitative estimate of drug-likeness (QED) is 0.637. The Labute approximate surface area is 108 Å². The van der Waals surface area contributed by atoms with Gasteiger partial charge in [0.25, 0.3) is 0 Å². The summed E-state index contributed by atoms with van der Waals surface area (Å²) >= 11 is 0. The number of hydrogen-bond acceptors (Lipinski definition) is 2. The summed E-state index contributed by atoms with van der Waals surface area (Å²) in [6, 6.07) is 0. The first kappa shape index (κ1) is 15.0. The molecule has 0 aliphatic carbocycles. The van der Waals surface area contributed by atoms with Gasteiger partial charge < -0.3 is 10.6 Å². The second-order valence-corrected chi connectivity index (χ2v) is 6.51. The van der Waals surface area contributed by atoms with E-state index in [0.29, 0.717) is 5.41 Å². The van der Waals surface area contributed by atoms with E-state index in [2.05, 4.69) is 38.3 Å². The van der Waals surface area contributed by atoms with E-state index < -0.39 is 0 Å². The molecule has 0 aromatic heterocycles. The molecule has 2 heteroatoms. The van der Waals surface area contributed by atoms with Crippen LogP contribution in [-0.4, -0.2) is 26.2 Å². The minimum Gasteiger partial charge on any atom is -0.316 e. The number of rotatable bonds is 8. The molecule has 2 N–H and O–H groups in total. The molecule has 0 aromatic rings. The molecular weight excluding hydrogens is 208 g/mol. The standard InChI is InChI=1S/C15H32N2/c1-13(2)7-5-6-9-16-11-15(14(3)4)8-10-17-12-15/h13-14,16-17H,5-12H2,1-4H3. The van der Waals surface area contributed by atoms with Gasteiger partial charge in [-0.05, 0) is 43.2 Å². The first-order valence-electron chi connectivity index (χ1n) is 7.48. The molecule has 0 saturated carbocycles. The van der Waals surface area contributed by atoms with Crippen LogP contribution in [0.5, 0.6) is 0 Å². The van der Waals surface area contributed by atoms with Crippen molar-refractivity contribution in [2.24, 2.45) is 17.3 Å². The maximum Gasteiger partial charge on any atom is 0.00229 e. The van der Waals surface area contributed by atoms with E-state index in [1.807, 2.05) is 0 Å². The molecule has 0 spiro atoms. The molecule has 1 rings (SSSR count). The van der Waals surface area contributed by atoms with Crippen LogP contribution in [0.25, 0.3) is 0 Å². The molecule has 1 aliphatic rings. The molecular formula is C15H32N2. The van der Waals surface area contributed by atoms with Crippen molar-refractivity contribution in [3.8, 4) is 0 Å². The Hall–Kier alpha value is -0.0800. The van der Waals surface area contributed by atoms with E-state index in [4.69, 9.17) is 0 Å². The third-order valence-corrected chi connectivity index (χ3v) is 4.36. The van der Waals surface area contributed by atoms with Gasteiger partial charge in [-0.1, -0.05) is 40.5 Å². The first-order valence-corrected chi connectivity index (χ1v) is 7.48. The number of nitrogens with one attached hydrogen (secondary N) is 2. The van der Waals surface area contributed by atoms with Crippen molar-refractivity contribution in [1.29, 1.82) is 0 Å². The monoisotopic (exact) mass is 240 g/mol. The van der Waals surface area contributed by atoms with Gasteiger partial charge in [0.2, 0.25) is 0 Å². The maximum atomic E-state index is 3.68. The second kappa shape index (κ2) is 7.38. The van der Waals surface area contributed by atoms with Gasteiger partial charge in [-0.3, -0.25) is 0 Å². The molecule has 0 aromatic carbocycles. The average molecular weight is 240 g/mol. The lowest BCUT2D eigenvalue weighted by Gasteiger charge is -2.33. The topological polar surface area (TPSA) is 24.1 Å². The highest BCUT2D eigenvalue weighted by molar-refractivity contribution is 4.91. The van der Waals surface area contributed by atoms with Gasteiger partial charge in [0.05, 0.1) is 0 Å². The normalized spacial score (nSPS) is 25.1. The second-order valence-electron chi connectivity index (χ2n) is 6.51. The highest BCUT2D eigenvalue weighted by Crippen LogP contribution is 2.33. The van der Waals surface area contributed by atoms with Gasteiger partial charge in [-0.15, -0.1) is 0 Å². The summed E-state index contributed by atoms with van der Waals surface area (Å²) in [7, 11) is 0. The fourth-order valence-corrected chi connectivity index (χ4v) is 2.75. The van der Waals surface area contributed by atoms with Gasteiger partial charge in [-0.25, -0.2) is 0 Å². The molecule has 1 unspecified atom stereocenters. The summed E-state index contributed by atoms with van der Waals surface area (Å²) in [5, 5.41) is 7.20. The summed E-state index contributed by atoms with van der Waals surface area (Å²) in [4.78, 5) is 0. The maximum absolute atomic E-state index is 3.68. The Kier molecular flexibility index (Phi) is 6.50. The Morgan fingerprint density at radius 2 is 1.94 bits per heavy atom. The molecule has 102 valence electrons. The number of unbranched alkanes of at least 4 members (excludes halogenated alkanes) is 1. The average Bonchev–Trinajstić information content (AvgIpc) is 2.72. The Balaban J connectivity index is 2.12. The van der Waals surface area contributed by atoms with Crippen molar-refractivity contribution in [2.45, 2.75) is 53.4 Å². The zero-order valence-electron chi connectivity index (χ0n) is 12.3. The number of hydrogen-bond donors (Lipinski definition) is 2. The van der Waals surface area contributed by atoms with Crippen LogP contribution in [0, 0.1) is 17.3 Å². The van der Waals surface area contributed by atoms with E-state index in [1.165, 1.54) is 51.9 Å². The first-order chi connectivity index (χ1) is 8.07. The third-order valence-electron chi connectivity index (χ3n) is 4.36. The van der Waals surface area contributed by atoms with Crippen molar-refractivity contribution < 1.29 is 0 Å². The highest BCUT2D eigenvalue weighted by Gasteiger charge is 2.36. The molecule has 1 heterocycles. The molecule has 0 amide bonds. The summed E-state index contributed by atoms with van der Waals surface area (Å²) in [6.07, 6.45) is 5.42. The molecule has 17 heavy (non-hydrogen) atoms. The molecule has 1 atom stereocenters. The van der Waals surface area contributed by atoms with Gasteiger partial charge in [0, 0.05) is 13.1 Å². The summed E-state index contributed by atoms with van der Waals surface area (Å²) in [6.45, 7) is 14.1. The predicted octanol–water partition coefficient (Wildman–Crippen LogP) is 3.04. The van der Waals surface area contributed by atoms with Gasteiger partial charge in [-0.2, -0.15) is 0 Å².